The number of hydrogen-bond acceptors (Lipinski definition) is 2. The van der Waals surface area contributed by atoms with Crippen LogP contribution in [0.2, 0.25) is 0 Å². The van der Waals surface area contributed by atoms with E-state index in [4.69, 9.17) is 5.73 Å². The third-order valence-electron chi connectivity index (χ3n) is 2.58. The van der Waals surface area contributed by atoms with Gasteiger partial charge in [-0.05, 0) is 18.3 Å². The highest BCUT2D eigenvalue weighted by molar-refractivity contribution is 4.92. The van der Waals surface area contributed by atoms with Crippen LogP contribution in [0.1, 0.15) is 20.8 Å². The first-order valence-electron chi connectivity index (χ1n) is 4.00. The van der Waals surface area contributed by atoms with E-state index >= 15 is 0 Å². The third kappa shape index (κ3) is 1.32. The highest BCUT2D eigenvalue weighted by atomic mass is 14.9. The Hall–Kier alpha value is -0.0800. The van der Waals surface area contributed by atoms with Crippen LogP contribution in [0.25, 0.3) is 0 Å². The molecule has 1 rings (SSSR count). The molecule has 0 spiro atoms. The van der Waals surface area contributed by atoms with Crippen LogP contribution in [0.3, 0.4) is 0 Å². The van der Waals surface area contributed by atoms with E-state index in [-0.39, 0.29) is 0 Å². The van der Waals surface area contributed by atoms with Crippen LogP contribution in [-0.4, -0.2) is 19.1 Å². The Kier molecular flexibility index (Phi) is 2.02. The molecule has 2 atom stereocenters. The fraction of sp³-hybridized carbons (Fsp3) is 1.00. The minimum Gasteiger partial charge on any atom is -0.328 e. The summed E-state index contributed by atoms with van der Waals surface area (Å²) in [6.45, 7) is 8.85. The van der Waals surface area contributed by atoms with Gasteiger partial charge in [-0.1, -0.05) is 13.8 Å². The molecule has 10 heavy (non-hydrogen) atoms. The topological polar surface area (TPSA) is 38.0 Å². The molecule has 0 aromatic carbocycles. The zero-order valence-electron chi connectivity index (χ0n) is 7.15. The van der Waals surface area contributed by atoms with Gasteiger partial charge in [0.2, 0.25) is 0 Å². The average molecular weight is 142 g/mol. The van der Waals surface area contributed by atoms with E-state index in [2.05, 4.69) is 26.1 Å². The van der Waals surface area contributed by atoms with Crippen LogP contribution >= 0.6 is 0 Å². The van der Waals surface area contributed by atoms with Crippen LogP contribution in [0, 0.1) is 11.3 Å². The van der Waals surface area contributed by atoms with Crippen LogP contribution in [0.15, 0.2) is 0 Å². The molecule has 1 aliphatic heterocycles. The fourth-order valence-electron chi connectivity index (χ4n) is 1.85. The molecule has 0 aromatic heterocycles. The van der Waals surface area contributed by atoms with E-state index in [9.17, 15) is 0 Å². The van der Waals surface area contributed by atoms with Gasteiger partial charge in [0.25, 0.3) is 0 Å². The van der Waals surface area contributed by atoms with E-state index < -0.39 is 0 Å². The van der Waals surface area contributed by atoms with E-state index in [0.29, 0.717) is 17.4 Å². The monoisotopic (exact) mass is 142 g/mol. The van der Waals surface area contributed by atoms with E-state index in [1.807, 2.05) is 0 Å². The van der Waals surface area contributed by atoms with Gasteiger partial charge in [0.1, 0.15) is 0 Å². The summed E-state index contributed by atoms with van der Waals surface area (Å²) in [5.74, 6) is 0.646. The Labute approximate surface area is 63.2 Å². The summed E-state index contributed by atoms with van der Waals surface area (Å²) in [5, 5.41) is 3.36. The second kappa shape index (κ2) is 2.51. The summed E-state index contributed by atoms with van der Waals surface area (Å²) in [6, 6.07) is 0.324. The van der Waals surface area contributed by atoms with E-state index in [0.717, 1.165) is 13.1 Å². The minimum atomic E-state index is 0.324. The van der Waals surface area contributed by atoms with Crippen LogP contribution < -0.4 is 11.1 Å². The lowest BCUT2D eigenvalue weighted by atomic mass is 9.78. The quantitative estimate of drug-likeness (QED) is 0.562. The summed E-state index contributed by atoms with van der Waals surface area (Å²) in [7, 11) is 0. The molecule has 1 fully saturated rings. The Balaban J connectivity index is 2.59. The highest BCUT2D eigenvalue weighted by Crippen LogP contribution is 2.31. The van der Waals surface area contributed by atoms with E-state index in [1.165, 1.54) is 0 Å². The predicted octanol–water partition coefficient (Wildman–Crippen LogP) is 0.579. The van der Waals surface area contributed by atoms with Crippen LogP contribution in [0.4, 0.5) is 0 Å². The maximum absolute atomic E-state index is 5.83. The molecule has 0 saturated carbocycles. The maximum Gasteiger partial charge on any atom is 0.00564 e. The van der Waals surface area contributed by atoms with Crippen molar-refractivity contribution < 1.29 is 0 Å². The summed E-state index contributed by atoms with van der Waals surface area (Å²) in [5.41, 5.74) is 6.23. The molecule has 0 radical (unpaired) electrons. The number of nitrogens with one attached hydrogen (secondary N) is 1. The van der Waals surface area contributed by atoms with Gasteiger partial charge >= 0.3 is 0 Å². The Bertz CT molecular complexity index is 118. The first-order chi connectivity index (χ1) is 4.54. The second-order valence-electron chi connectivity index (χ2n) is 4.09. The van der Waals surface area contributed by atoms with Crippen molar-refractivity contribution in [1.82, 2.24) is 5.32 Å². The first kappa shape index (κ1) is 8.02. The summed E-state index contributed by atoms with van der Waals surface area (Å²) in [4.78, 5) is 0. The SMILES string of the molecule is CC(N)C1CNCC1(C)C. The van der Waals surface area contributed by atoms with Crippen molar-refractivity contribution >= 4 is 0 Å². The molecular formula is C8H18N2. The lowest BCUT2D eigenvalue weighted by Crippen LogP contribution is -2.36. The van der Waals surface area contributed by atoms with Gasteiger partial charge in [-0.2, -0.15) is 0 Å². The number of hydrogen-bond donors (Lipinski definition) is 2. The molecule has 0 aliphatic carbocycles. The van der Waals surface area contributed by atoms with Crippen molar-refractivity contribution in [1.29, 1.82) is 0 Å². The van der Waals surface area contributed by atoms with Crippen LogP contribution in [0.5, 0.6) is 0 Å². The molecule has 1 aliphatic rings. The van der Waals surface area contributed by atoms with Gasteiger partial charge < -0.3 is 11.1 Å². The van der Waals surface area contributed by atoms with Gasteiger partial charge in [0, 0.05) is 19.1 Å². The summed E-state index contributed by atoms with van der Waals surface area (Å²) >= 11 is 0. The molecule has 0 aromatic rings. The van der Waals surface area contributed by atoms with Crippen molar-refractivity contribution in [2.45, 2.75) is 26.8 Å². The van der Waals surface area contributed by atoms with Crippen molar-refractivity contribution in [2.24, 2.45) is 17.1 Å². The lowest BCUT2D eigenvalue weighted by Gasteiger charge is -2.28. The molecular weight excluding hydrogens is 124 g/mol. The largest absolute Gasteiger partial charge is 0.328 e. The van der Waals surface area contributed by atoms with Gasteiger partial charge in [-0.3, -0.25) is 0 Å². The number of nitrogens with two attached hydrogens (primary N) is 1. The lowest BCUT2D eigenvalue weighted by molar-refractivity contribution is 0.256. The number of rotatable bonds is 1. The predicted molar refractivity (Wildman–Crippen MR) is 43.8 cm³/mol. The summed E-state index contributed by atoms with van der Waals surface area (Å²) < 4.78 is 0. The van der Waals surface area contributed by atoms with Crippen molar-refractivity contribution in [2.75, 3.05) is 13.1 Å². The molecule has 1 heterocycles. The zero-order chi connectivity index (χ0) is 7.78. The molecule has 2 unspecified atom stereocenters. The Morgan fingerprint density at radius 3 is 2.40 bits per heavy atom. The van der Waals surface area contributed by atoms with Crippen molar-refractivity contribution in [3.8, 4) is 0 Å². The first-order valence-corrected chi connectivity index (χ1v) is 4.00. The molecule has 0 bridgehead atoms. The smallest absolute Gasteiger partial charge is 0.00564 e. The standard InChI is InChI=1S/C8H18N2/c1-6(9)7-4-10-5-8(7,2)3/h6-7,10H,4-5,9H2,1-3H3. The average Bonchev–Trinajstić information content (AvgIpc) is 2.08. The molecule has 3 N–H and O–H groups in total. The highest BCUT2D eigenvalue weighted by Gasteiger charge is 2.36. The van der Waals surface area contributed by atoms with Crippen molar-refractivity contribution in [3.63, 3.8) is 0 Å². The van der Waals surface area contributed by atoms with Gasteiger partial charge in [0.15, 0.2) is 0 Å². The third-order valence-corrected chi connectivity index (χ3v) is 2.58. The minimum absolute atomic E-state index is 0.324. The van der Waals surface area contributed by atoms with Crippen LogP contribution in [-0.2, 0) is 0 Å². The molecule has 60 valence electrons. The Morgan fingerprint density at radius 2 is 2.20 bits per heavy atom. The molecule has 0 amide bonds. The van der Waals surface area contributed by atoms with E-state index in [1.54, 1.807) is 0 Å². The maximum atomic E-state index is 5.83. The van der Waals surface area contributed by atoms with Gasteiger partial charge in [-0.25, -0.2) is 0 Å². The normalized spacial score (nSPS) is 34.2. The second-order valence-corrected chi connectivity index (χ2v) is 4.09. The molecule has 2 heteroatoms. The zero-order valence-corrected chi connectivity index (χ0v) is 7.15. The van der Waals surface area contributed by atoms with Gasteiger partial charge in [0.05, 0.1) is 0 Å². The van der Waals surface area contributed by atoms with Crippen molar-refractivity contribution in [3.05, 3.63) is 0 Å². The summed E-state index contributed by atoms with van der Waals surface area (Å²) in [6.07, 6.45) is 0. The fourth-order valence-corrected chi connectivity index (χ4v) is 1.85. The van der Waals surface area contributed by atoms with Gasteiger partial charge in [-0.15, -0.1) is 0 Å². The molecule has 2 nitrogen and oxygen atoms in total. The Morgan fingerprint density at radius 1 is 1.60 bits per heavy atom. The molecule has 1 saturated heterocycles.